The summed E-state index contributed by atoms with van der Waals surface area (Å²) in [7, 11) is 2.09. The highest BCUT2D eigenvalue weighted by atomic mass is 19.1. The maximum atomic E-state index is 13.4. The molecule has 1 aliphatic carbocycles. The molecule has 0 radical (unpaired) electrons. The van der Waals surface area contributed by atoms with E-state index in [-0.39, 0.29) is 5.82 Å². The van der Waals surface area contributed by atoms with E-state index in [4.69, 9.17) is 5.26 Å². The van der Waals surface area contributed by atoms with Crippen LogP contribution in [0.4, 0.5) is 4.39 Å². The highest BCUT2D eigenvalue weighted by Gasteiger charge is 2.21. The fourth-order valence-electron chi connectivity index (χ4n) is 2.91. The Labute approximate surface area is 114 Å². The number of benzene rings is 1. The molecule has 0 spiro atoms. The Morgan fingerprint density at radius 3 is 2.58 bits per heavy atom. The molecule has 0 aliphatic heterocycles. The first-order valence-corrected chi connectivity index (χ1v) is 6.98. The number of rotatable bonds is 3. The maximum absolute atomic E-state index is 13.4. The molecule has 0 heterocycles. The molecule has 0 unspecified atom stereocenters. The van der Waals surface area contributed by atoms with Gasteiger partial charge in [-0.15, -0.1) is 0 Å². The first-order chi connectivity index (χ1) is 9.08. The lowest BCUT2D eigenvalue weighted by Crippen LogP contribution is -2.34. The van der Waals surface area contributed by atoms with Crippen molar-refractivity contribution in [3.05, 3.63) is 35.1 Å². The van der Waals surface area contributed by atoms with E-state index in [9.17, 15) is 4.39 Å². The van der Waals surface area contributed by atoms with Crippen LogP contribution >= 0.6 is 0 Å². The molecule has 0 N–H and O–H groups in total. The summed E-state index contributed by atoms with van der Waals surface area (Å²) in [4.78, 5) is 2.29. The molecule has 2 nitrogen and oxygen atoms in total. The lowest BCUT2D eigenvalue weighted by molar-refractivity contribution is 0.164. The van der Waals surface area contributed by atoms with Gasteiger partial charge in [-0.1, -0.05) is 6.92 Å². The van der Waals surface area contributed by atoms with Crippen LogP contribution in [-0.2, 0) is 6.54 Å². The van der Waals surface area contributed by atoms with E-state index >= 15 is 0 Å². The average Bonchev–Trinajstić information content (AvgIpc) is 2.38. The van der Waals surface area contributed by atoms with Crippen LogP contribution in [0.3, 0.4) is 0 Å². The summed E-state index contributed by atoms with van der Waals surface area (Å²) in [5.74, 6) is 0.517. The van der Waals surface area contributed by atoms with Crippen molar-refractivity contribution in [1.29, 1.82) is 5.26 Å². The molecule has 1 aromatic carbocycles. The van der Waals surface area contributed by atoms with Crippen LogP contribution in [0, 0.1) is 23.1 Å². The normalized spacial score (nSPS) is 23.3. The van der Waals surface area contributed by atoms with Gasteiger partial charge >= 0.3 is 0 Å². The molecule has 1 saturated carbocycles. The van der Waals surface area contributed by atoms with Gasteiger partial charge in [0.1, 0.15) is 5.82 Å². The third-order valence-corrected chi connectivity index (χ3v) is 4.13. The third-order valence-electron chi connectivity index (χ3n) is 4.13. The summed E-state index contributed by atoms with van der Waals surface area (Å²) in [6.07, 6.45) is 5.00. The smallest absolute Gasteiger partial charge is 0.124 e. The highest BCUT2D eigenvalue weighted by Crippen LogP contribution is 2.27. The zero-order valence-corrected chi connectivity index (χ0v) is 11.7. The molecule has 1 aromatic rings. The van der Waals surface area contributed by atoms with Crippen LogP contribution < -0.4 is 0 Å². The van der Waals surface area contributed by atoms with Crippen molar-refractivity contribution in [1.82, 2.24) is 4.90 Å². The summed E-state index contributed by atoms with van der Waals surface area (Å²) >= 11 is 0. The van der Waals surface area contributed by atoms with Crippen LogP contribution in [0.1, 0.15) is 43.7 Å². The Hall–Kier alpha value is -1.40. The minimum atomic E-state index is -0.320. The molecule has 19 heavy (non-hydrogen) atoms. The number of hydrogen-bond donors (Lipinski definition) is 0. The molecule has 0 aromatic heterocycles. The largest absolute Gasteiger partial charge is 0.299 e. The van der Waals surface area contributed by atoms with Crippen LogP contribution in [0.15, 0.2) is 18.2 Å². The van der Waals surface area contributed by atoms with Gasteiger partial charge in [0.25, 0.3) is 0 Å². The molecule has 2 rings (SSSR count). The van der Waals surface area contributed by atoms with E-state index in [1.807, 2.05) is 6.07 Å². The third kappa shape index (κ3) is 3.78. The lowest BCUT2D eigenvalue weighted by atomic mass is 9.86. The molecule has 1 aliphatic rings. The second-order valence-corrected chi connectivity index (χ2v) is 5.79. The Bertz CT molecular complexity index is 470. The first kappa shape index (κ1) is 14.0. The highest BCUT2D eigenvalue weighted by molar-refractivity contribution is 5.33. The van der Waals surface area contributed by atoms with Gasteiger partial charge in [-0.3, -0.25) is 4.90 Å². The van der Waals surface area contributed by atoms with Gasteiger partial charge in [0.05, 0.1) is 11.6 Å². The fourth-order valence-corrected chi connectivity index (χ4v) is 2.91. The minimum Gasteiger partial charge on any atom is -0.299 e. The van der Waals surface area contributed by atoms with E-state index in [1.165, 1.54) is 37.8 Å². The molecule has 3 heteroatoms. The number of nitrogens with zero attached hydrogens (tertiary/aromatic N) is 2. The quantitative estimate of drug-likeness (QED) is 0.828. The van der Waals surface area contributed by atoms with E-state index in [1.54, 1.807) is 6.07 Å². The van der Waals surface area contributed by atoms with Crippen molar-refractivity contribution >= 4 is 0 Å². The van der Waals surface area contributed by atoms with Crippen molar-refractivity contribution in [2.45, 2.75) is 45.2 Å². The summed E-state index contributed by atoms with van der Waals surface area (Å²) in [6.45, 7) is 3.02. The van der Waals surface area contributed by atoms with Crippen LogP contribution in [-0.4, -0.2) is 18.0 Å². The number of hydrogen-bond acceptors (Lipinski definition) is 2. The standard InChI is InChI=1S/C16H21FN2/c1-12-3-5-16(6-4-12)19(2)11-14-7-13(10-18)8-15(17)9-14/h7-9,12,16H,3-6,11H2,1-2H3. The Morgan fingerprint density at radius 2 is 1.95 bits per heavy atom. The van der Waals surface area contributed by atoms with Gasteiger partial charge in [-0.25, -0.2) is 4.39 Å². The predicted octanol–water partition coefficient (Wildman–Crippen LogP) is 3.71. The molecule has 1 fully saturated rings. The number of halogens is 1. The SMILES string of the molecule is CC1CCC(N(C)Cc2cc(F)cc(C#N)c2)CC1. The molecule has 0 atom stereocenters. The van der Waals surface area contributed by atoms with Gasteiger partial charge in [-0.05, 0) is 62.4 Å². The van der Waals surface area contributed by atoms with Gasteiger partial charge in [0, 0.05) is 12.6 Å². The molecular formula is C16H21FN2. The van der Waals surface area contributed by atoms with Gasteiger partial charge in [-0.2, -0.15) is 5.26 Å². The van der Waals surface area contributed by atoms with E-state index in [0.717, 1.165) is 11.5 Å². The molecule has 0 amide bonds. The maximum Gasteiger partial charge on any atom is 0.124 e. The van der Waals surface area contributed by atoms with Gasteiger partial charge in [0.15, 0.2) is 0 Å². The van der Waals surface area contributed by atoms with Crippen LogP contribution in [0.5, 0.6) is 0 Å². The Balaban J connectivity index is 2.00. The Kier molecular flexibility index (Phi) is 4.55. The Morgan fingerprint density at radius 1 is 1.26 bits per heavy atom. The second-order valence-electron chi connectivity index (χ2n) is 5.79. The number of nitriles is 1. The first-order valence-electron chi connectivity index (χ1n) is 6.98. The van der Waals surface area contributed by atoms with Crippen molar-refractivity contribution in [3.63, 3.8) is 0 Å². The van der Waals surface area contributed by atoms with E-state index < -0.39 is 0 Å². The molecular weight excluding hydrogens is 239 g/mol. The van der Waals surface area contributed by atoms with Crippen molar-refractivity contribution in [2.75, 3.05) is 7.05 Å². The summed E-state index contributed by atoms with van der Waals surface area (Å²) in [5, 5.41) is 8.87. The van der Waals surface area contributed by atoms with Crippen molar-refractivity contribution < 1.29 is 4.39 Å². The van der Waals surface area contributed by atoms with Crippen molar-refractivity contribution in [3.8, 4) is 6.07 Å². The lowest BCUT2D eigenvalue weighted by Gasteiger charge is -2.33. The zero-order valence-electron chi connectivity index (χ0n) is 11.7. The zero-order chi connectivity index (χ0) is 13.8. The average molecular weight is 260 g/mol. The fraction of sp³-hybridized carbons (Fsp3) is 0.562. The summed E-state index contributed by atoms with van der Waals surface area (Å²) < 4.78 is 13.4. The minimum absolute atomic E-state index is 0.320. The van der Waals surface area contributed by atoms with Crippen molar-refractivity contribution in [2.24, 2.45) is 5.92 Å². The predicted molar refractivity (Wildman–Crippen MR) is 74.0 cm³/mol. The van der Waals surface area contributed by atoms with Crippen LogP contribution in [0.2, 0.25) is 0 Å². The van der Waals surface area contributed by atoms with Crippen LogP contribution in [0.25, 0.3) is 0 Å². The molecule has 0 saturated heterocycles. The molecule has 0 bridgehead atoms. The topological polar surface area (TPSA) is 27.0 Å². The monoisotopic (exact) mass is 260 g/mol. The summed E-state index contributed by atoms with van der Waals surface area (Å²) in [6, 6.07) is 7.19. The molecule has 102 valence electrons. The summed E-state index contributed by atoms with van der Waals surface area (Å²) in [5.41, 5.74) is 1.29. The van der Waals surface area contributed by atoms with E-state index in [2.05, 4.69) is 18.9 Å². The van der Waals surface area contributed by atoms with Gasteiger partial charge < -0.3 is 0 Å². The second kappa shape index (κ2) is 6.16. The van der Waals surface area contributed by atoms with E-state index in [0.29, 0.717) is 18.2 Å². The van der Waals surface area contributed by atoms with Gasteiger partial charge in [0.2, 0.25) is 0 Å².